The van der Waals surface area contributed by atoms with E-state index in [4.69, 9.17) is 29.9 Å². The maximum absolute atomic E-state index is 5.78. The maximum Gasteiger partial charge on any atom is 0.166 e. The van der Waals surface area contributed by atoms with Gasteiger partial charge in [0.25, 0.3) is 0 Å². The van der Waals surface area contributed by atoms with E-state index in [-0.39, 0.29) is 16.2 Å². The van der Waals surface area contributed by atoms with Gasteiger partial charge in [0.05, 0.1) is 27.8 Å². The van der Waals surface area contributed by atoms with Crippen LogP contribution in [0.3, 0.4) is 0 Å². The quantitative estimate of drug-likeness (QED) is 0.0844. The van der Waals surface area contributed by atoms with Crippen molar-refractivity contribution < 1.29 is 0 Å². The molecule has 0 aliphatic rings. The molecule has 9 heteroatoms. The van der Waals surface area contributed by atoms with Crippen molar-refractivity contribution >= 4 is 66.2 Å². The first-order valence-electron chi connectivity index (χ1n) is 34.0. The summed E-state index contributed by atoms with van der Waals surface area (Å²) >= 11 is 2.45. The fourth-order valence-electron chi connectivity index (χ4n) is 13.3. The van der Waals surface area contributed by atoms with E-state index >= 15 is 0 Å². The van der Waals surface area contributed by atoms with Crippen LogP contribution in [0.4, 0.5) is 0 Å². The van der Waals surface area contributed by atoms with Crippen molar-refractivity contribution in [3.63, 3.8) is 0 Å². The summed E-state index contributed by atoms with van der Waals surface area (Å²) < 4.78 is 5.98. The zero-order valence-corrected chi connectivity index (χ0v) is 59.3. The predicted octanol–water partition coefficient (Wildman–Crippen LogP) is 23.1. The van der Waals surface area contributed by atoms with Gasteiger partial charge in [0.2, 0.25) is 0 Å². The van der Waals surface area contributed by atoms with Gasteiger partial charge in [-0.25, -0.2) is 29.9 Å². The van der Waals surface area contributed by atoms with Gasteiger partial charge in [0, 0.05) is 64.2 Å². The number of hydrogen-bond acceptors (Lipinski definition) is 6. The predicted molar refractivity (Wildman–Crippen MR) is 404 cm³/mol. The molecule has 0 fully saturated rings. The van der Waals surface area contributed by atoms with Gasteiger partial charge < -0.3 is 9.13 Å². The lowest BCUT2D eigenvalue weighted by Crippen LogP contribution is -2.12. The molecule has 0 saturated heterocycles. The van der Waals surface area contributed by atoms with Gasteiger partial charge in [-0.2, -0.15) is 0 Å². The van der Waals surface area contributed by atoms with Crippen LogP contribution >= 0.6 is 22.6 Å². The molecule has 0 saturated carbocycles. The van der Waals surface area contributed by atoms with E-state index in [1.165, 1.54) is 49.7 Å². The van der Waals surface area contributed by atoms with E-state index in [1.807, 2.05) is 0 Å². The van der Waals surface area contributed by atoms with Crippen molar-refractivity contribution in [2.75, 3.05) is 0 Å². The van der Waals surface area contributed by atoms with E-state index < -0.39 is 0 Å². The molecule has 0 unspecified atom stereocenters. The van der Waals surface area contributed by atoms with Crippen LogP contribution in [0.1, 0.15) is 161 Å². The number of benzene rings is 9. The van der Waals surface area contributed by atoms with Crippen LogP contribution in [0, 0.1) is 10.5 Å². The minimum Gasteiger partial charge on any atom is -0.309 e. The first-order chi connectivity index (χ1) is 45.1. The Bertz CT molecular complexity index is 5010. The summed E-state index contributed by atoms with van der Waals surface area (Å²) in [6.07, 6.45) is 9.47. The van der Waals surface area contributed by atoms with E-state index in [9.17, 15) is 0 Å². The van der Waals surface area contributed by atoms with Crippen molar-refractivity contribution in [1.82, 2.24) is 39.0 Å². The number of nitrogens with zero attached hydrogens (tertiary/aromatic N) is 8. The molecular weight excluding hydrogens is 1260 g/mol. The molecule has 94 heavy (non-hydrogen) atoms. The summed E-state index contributed by atoms with van der Waals surface area (Å²) in [7, 11) is 0. The zero-order valence-electron chi connectivity index (χ0n) is 57.1. The summed E-state index contributed by atoms with van der Waals surface area (Å²) in [6, 6.07) is 67.5. The van der Waals surface area contributed by atoms with Crippen LogP contribution < -0.4 is 0 Å². The number of para-hydroxylation sites is 3. The second-order valence-corrected chi connectivity index (χ2v) is 30.4. The van der Waals surface area contributed by atoms with Gasteiger partial charge in [-0.1, -0.05) is 181 Å². The molecular formula is C85H87IN8. The summed E-state index contributed by atoms with van der Waals surface area (Å²) in [4.78, 5) is 33.8. The standard InChI is InChI=1S/C85H87IN8/c1-14-17-27-54-38-53(4)39-58(40-54)78-89-80(60-42-56(29-19-16-3)44-63(46-60)84(8,9)10)92-82(91-78)71-49-57(77-87-79(59-41-55(28-18-15-2)43-62(45-59)83(5,6)7)90-81(88-77)61-47-64(85(11,12)13)50-65(86)48-61)36-37-74(71)94-73-35-26-24-33-68(73)70-51-69-67-32-23-25-34-72(67)93(75(69)52-76(70)94)66-30-21-20-22-31-66/h20-26,30-52H,14-19,27-29H2,1-13H3. The van der Waals surface area contributed by atoms with Gasteiger partial charge in [-0.3, -0.25) is 0 Å². The smallest absolute Gasteiger partial charge is 0.166 e. The minimum atomic E-state index is -0.129. The molecule has 4 aromatic heterocycles. The first-order valence-corrected chi connectivity index (χ1v) is 35.1. The van der Waals surface area contributed by atoms with E-state index in [2.05, 4.69) is 304 Å². The summed E-state index contributed by atoms with van der Waals surface area (Å²) in [6.45, 7) is 29.6. The monoisotopic (exact) mass is 1350 g/mol. The molecule has 0 atom stereocenters. The number of aromatic nitrogens is 8. The number of unbranched alkanes of at least 4 members (excludes halogenated alkanes) is 3. The van der Waals surface area contributed by atoms with Crippen molar-refractivity contribution in [3.8, 4) is 79.7 Å². The summed E-state index contributed by atoms with van der Waals surface area (Å²) in [5, 5.41) is 4.70. The molecule has 0 spiro atoms. The highest BCUT2D eigenvalue weighted by Gasteiger charge is 2.27. The molecule has 0 amide bonds. The van der Waals surface area contributed by atoms with Crippen LogP contribution in [-0.2, 0) is 35.5 Å². The molecule has 4 heterocycles. The van der Waals surface area contributed by atoms with Crippen molar-refractivity contribution in [2.45, 2.75) is 164 Å². The highest BCUT2D eigenvalue weighted by Crippen LogP contribution is 2.44. The number of fused-ring (bicyclic) bond motifs is 6. The Morgan fingerprint density at radius 3 is 1.26 bits per heavy atom. The largest absolute Gasteiger partial charge is 0.309 e. The lowest BCUT2D eigenvalue weighted by Gasteiger charge is -2.22. The molecule has 0 aliphatic carbocycles. The Balaban J connectivity index is 1.15. The molecule has 13 rings (SSSR count). The molecule has 0 bridgehead atoms. The highest BCUT2D eigenvalue weighted by atomic mass is 127. The summed E-state index contributed by atoms with van der Waals surface area (Å²) in [5.74, 6) is 3.61. The second kappa shape index (κ2) is 25.9. The number of aryl methyl sites for hydroxylation is 4. The molecule has 9 aromatic carbocycles. The fraction of sp³-hybridized carbons (Fsp3) is 0.294. The molecule has 13 aromatic rings. The molecule has 0 aliphatic heterocycles. The van der Waals surface area contributed by atoms with Crippen LogP contribution in [-0.4, -0.2) is 39.0 Å². The lowest BCUT2D eigenvalue weighted by atomic mass is 9.84. The molecule has 8 nitrogen and oxygen atoms in total. The van der Waals surface area contributed by atoms with Crippen LogP contribution in [0.5, 0.6) is 0 Å². The average molecular weight is 1350 g/mol. The third-order valence-corrected chi connectivity index (χ3v) is 19.2. The topological polar surface area (TPSA) is 87.2 Å². The van der Waals surface area contributed by atoms with Gasteiger partial charge in [0.1, 0.15) is 0 Å². The second-order valence-electron chi connectivity index (χ2n) is 29.1. The van der Waals surface area contributed by atoms with Crippen LogP contribution in [0.25, 0.3) is 123 Å². The van der Waals surface area contributed by atoms with Crippen LogP contribution in [0.15, 0.2) is 182 Å². The highest BCUT2D eigenvalue weighted by molar-refractivity contribution is 14.1. The number of rotatable bonds is 17. The number of hydrogen-bond donors (Lipinski definition) is 0. The number of halogens is 1. The first kappa shape index (κ1) is 64.1. The molecule has 0 radical (unpaired) electrons. The Kier molecular flexibility index (Phi) is 17.7. The molecule has 474 valence electrons. The zero-order chi connectivity index (χ0) is 65.8. The fourth-order valence-corrected chi connectivity index (χ4v) is 14.0. The Morgan fingerprint density at radius 2 is 0.755 bits per heavy atom. The van der Waals surface area contributed by atoms with Crippen molar-refractivity contribution in [1.29, 1.82) is 0 Å². The lowest BCUT2D eigenvalue weighted by molar-refractivity contribution is 0.588. The van der Waals surface area contributed by atoms with E-state index in [0.717, 1.165) is 139 Å². The van der Waals surface area contributed by atoms with Crippen molar-refractivity contribution in [3.05, 3.63) is 225 Å². The van der Waals surface area contributed by atoms with Gasteiger partial charge in [-0.05, 0) is 227 Å². The average Bonchev–Trinajstić information content (AvgIpc) is 1.54. The van der Waals surface area contributed by atoms with Crippen molar-refractivity contribution in [2.24, 2.45) is 0 Å². The summed E-state index contributed by atoms with van der Waals surface area (Å²) in [5.41, 5.74) is 20.3. The normalized spacial score (nSPS) is 12.3. The Hall–Kier alpha value is -8.67. The Morgan fingerprint density at radius 1 is 0.340 bits per heavy atom. The minimum absolute atomic E-state index is 0.114. The van der Waals surface area contributed by atoms with Gasteiger partial charge in [0.15, 0.2) is 34.9 Å². The van der Waals surface area contributed by atoms with Gasteiger partial charge in [-0.15, -0.1) is 0 Å². The van der Waals surface area contributed by atoms with E-state index in [0.29, 0.717) is 34.9 Å². The molecule has 0 N–H and O–H groups in total. The third kappa shape index (κ3) is 13.0. The van der Waals surface area contributed by atoms with Crippen LogP contribution in [0.2, 0.25) is 0 Å². The maximum atomic E-state index is 5.78. The van der Waals surface area contributed by atoms with Gasteiger partial charge >= 0.3 is 0 Å². The third-order valence-electron chi connectivity index (χ3n) is 18.6. The SMILES string of the molecule is CCCCc1cc(C)cc(-c2nc(-c3cc(CCCC)cc(C(C)(C)C)c3)nc(-c3cc(-c4nc(-c5cc(I)cc(C(C)(C)C)c5)nc(-c5cc(CCCC)cc(C(C)(C)C)c5)n4)ccc3-n3c4ccccc4c4cc5c6ccccc6n(-c6ccccc6)c5cc43)n2)c1. The van der Waals surface area contributed by atoms with E-state index in [1.54, 1.807) is 0 Å². The Labute approximate surface area is 569 Å².